The lowest BCUT2D eigenvalue weighted by Gasteiger charge is -2.34. The molecule has 1 saturated heterocycles. The average Bonchev–Trinajstić information content (AvgIpc) is 2.17. The number of piperidine rings is 1. The molecule has 1 heterocycles. The van der Waals surface area contributed by atoms with Gasteiger partial charge in [0.2, 0.25) is 0 Å². The molecule has 0 radical (unpaired) electrons. The molecule has 2 nitrogen and oxygen atoms in total. The predicted molar refractivity (Wildman–Crippen MR) is 60.7 cm³/mol. The Morgan fingerprint density at radius 2 is 1.92 bits per heavy atom. The van der Waals surface area contributed by atoms with Crippen molar-refractivity contribution < 1.29 is 0 Å². The van der Waals surface area contributed by atoms with Crippen molar-refractivity contribution >= 4 is 17.6 Å². The van der Waals surface area contributed by atoms with E-state index in [0.29, 0.717) is 5.92 Å². The highest BCUT2D eigenvalue weighted by Crippen LogP contribution is 2.21. The van der Waals surface area contributed by atoms with Crippen LogP contribution in [0.4, 0.5) is 0 Å². The second kappa shape index (κ2) is 4.89. The Balaban J connectivity index is 2.36. The van der Waals surface area contributed by atoms with Crippen molar-refractivity contribution in [2.75, 3.05) is 19.3 Å². The summed E-state index contributed by atoms with van der Waals surface area (Å²) >= 11 is 1.97. The minimum absolute atomic E-state index is 0.380. The molecule has 0 aromatic heterocycles. The van der Waals surface area contributed by atoms with Gasteiger partial charge in [-0.3, -0.25) is 5.41 Å². The lowest BCUT2D eigenvalue weighted by atomic mass is 10.1. The summed E-state index contributed by atoms with van der Waals surface area (Å²) in [7, 11) is 0. The Bertz CT molecular complexity index is 172. The maximum absolute atomic E-state index is 7.88. The van der Waals surface area contributed by atoms with Crippen molar-refractivity contribution in [2.24, 2.45) is 5.92 Å². The fourth-order valence-electron chi connectivity index (χ4n) is 1.70. The van der Waals surface area contributed by atoms with Gasteiger partial charge in [-0.15, -0.1) is 0 Å². The molecule has 1 rings (SSSR count). The van der Waals surface area contributed by atoms with E-state index in [0.717, 1.165) is 24.2 Å². The third-order valence-corrected chi connectivity index (χ3v) is 3.80. The van der Waals surface area contributed by atoms with E-state index >= 15 is 0 Å². The van der Waals surface area contributed by atoms with Gasteiger partial charge < -0.3 is 4.90 Å². The van der Waals surface area contributed by atoms with E-state index < -0.39 is 0 Å². The standard InChI is InChI=1S/C10H20N2S/c1-8(2)10(11)12-6-4-9(13-3)5-7-12/h8-9,11H,4-7H2,1-3H3. The SMILES string of the molecule is CSC1CCN(C(=N)C(C)C)CC1. The Hall–Kier alpha value is -0.180. The first-order chi connectivity index (χ1) is 6.15. The smallest absolute Gasteiger partial charge is 0.0983 e. The van der Waals surface area contributed by atoms with E-state index in [1.54, 1.807) is 0 Å². The zero-order valence-electron chi connectivity index (χ0n) is 8.84. The molecule has 0 aliphatic carbocycles. The first-order valence-corrected chi connectivity index (χ1v) is 6.30. The normalized spacial score (nSPS) is 19.5. The molecule has 0 amide bonds. The van der Waals surface area contributed by atoms with Crippen LogP contribution in [0.3, 0.4) is 0 Å². The molecule has 1 fully saturated rings. The lowest BCUT2D eigenvalue weighted by molar-refractivity contribution is 0.334. The second-order valence-corrected chi connectivity index (χ2v) is 5.10. The van der Waals surface area contributed by atoms with Crippen LogP contribution in [-0.2, 0) is 0 Å². The number of hydrogen-bond donors (Lipinski definition) is 1. The molecule has 1 aliphatic heterocycles. The van der Waals surface area contributed by atoms with Crippen molar-refractivity contribution in [1.82, 2.24) is 4.90 Å². The molecule has 3 heteroatoms. The van der Waals surface area contributed by atoms with Gasteiger partial charge >= 0.3 is 0 Å². The zero-order valence-corrected chi connectivity index (χ0v) is 9.66. The third kappa shape index (κ3) is 2.90. The molecule has 0 saturated carbocycles. The molecule has 0 aromatic rings. The van der Waals surface area contributed by atoms with Crippen LogP contribution >= 0.6 is 11.8 Å². The van der Waals surface area contributed by atoms with Gasteiger partial charge in [-0.25, -0.2) is 0 Å². The highest BCUT2D eigenvalue weighted by Gasteiger charge is 2.21. The van der Waals surface area contributed by atoms with Crippen molar-refractivity contribution in [2.45, 2.75) is 31.9 Å². The van der Waals surface area contributed by atoms with Gasteiger partial charge in [-0.05, 0) is 19.1 Å². The fourth-order valence-corrected chi connectivity index (χ4v) is 2.38. The summed E-state index contributed by atoms with van der Waals surface area (Å²) in [4.78, 5) is 2.23. The third-order valence-electron chi connectivity index (χ3n) is 2.66. The molecular weight excluding hydrogens is 180 g/mol. The van der Waals surface area contributed by atoms with Crippen LogP contribution in [0.25, 0.3) is 0 Å². The Morgan fingerprint density at radius 1 is 1.38 bits per heavy atom. The van der Waals surface area contributed by atoms with Crippen LogP contribution in [0.2, 0.25) is 0 Å². The molecule has 76 valence electrons. The Kier molecular flexibility index (Phi) is 4.10. The van der Waals surface area contributed by atoms with E-state index in [4.69, 9.17) is 5.41 Å². The van der Waals surface area contributed by atoms with E-state index in [-0.39, 0.29) is 0 Å². The predicted octanol–water partition coefficient (Wildman–Crippen LogP) is 2.45. The highest BCUT2D eigenvalue weighted by molar-refractivity contribution is 7.99. The van der Waals surface area contributed by atoms with Gasteiger partial charge in [0, 0.05) is 24.3 Å². The van der Waals surface area contributed by atoms with Gasteiger partial charge in [0.25, 0.3) is 0 Å². The van der Waals surface area contributed by atoms with Crippen molar-refractivity contribution in [1.29, 1.82) is 5.41 Å². The summed E-state index contributed by atoms with van der Waals surface area (Å²) in [6, 6.07) is 0. The van der Waals surface area contributed by atoms with Crippen LogP contribution in [0, 0.1) is 11.3 Å². The first-order valence-electron chi connectivity index (χ1n) is 5.01. The summed E-state index contributed by atoms with van der Waals surface area (Å²) in [6.07, 6.45) is 4.68. The van der Waals surface area contributed by atoms with E-state index in [9.17, 15) is 0 Å². The molecule has 13 heavy (non-hydrogen) atoms. The van der Waals surface area contributed by atoms with Crippen LogP contribution in [-0.4, -0.2) is 35.3 Å². The van der Waals surface area contributed by atoms with Crippen LogP contribution in [0.5, 0.6) is 0 Å². The van der Waals surface area contributed by atoms with Crippen molar-refractivity contribution in [3.63, 3.8) is 0 Å². The molecule has 0 spiro atoms. The van der Waals surface area contributed by atoms with Gasteiger partial charge in [-0.2, -0.15) is 11.8 Å². The monoisotopic (exact) mass is 200 g/mol. The average molecular weight is 200 g/mol. The number of rotatable bonds is 2. The van der Waals surface area contributed by atoms with E-state index in [1.165, 1.54) is 12.8 Å². The van der Waals surface area contributed by atoms with Crippen LogP contribution in [0.1, 0.15) is 26.7 Å². The van der Waals surface area contributed by atoms with Crippen molar-refractivity contribution in [3.8, 4) is 0 Å². The van der Waals surface area contributed by atoms with E-state index in [2.05, 4.69) is 25.0 Å². The van der Waals surface area contributed by atoms with Gasteiger partial charge in [0.15, 0.2) is 0 Å². The summed E-state index contributed by atoms with van der Waals surface area (Å²) in [5, 5.41) is 8.71. The molecule has 1 aliphatic rings. The minimum atomic E-state index is 0.380. The van der Waals surface area contributed by atoms with Crippen LogP contribution in [0.15, 0.2) is 0 Å². The maximum atomic E-state index is 7.88. The molecular formula is C10H20N2S. The summed E-state index contributed by atoms with van der Waals surface area (Å²) in [6.45, 7) is 6.37. The molecule has 0 bridgehead atoms. The van der Waals surface area contributed by atoms with Crippen molar-refractivity contribution in [3.05, 3.63) is 0 Å². The zero-order chi connectivity index (χ0) is 9.84. The highest BCUT2D eigenvalue weighted by atomic mass is 32.2. The molecule has 0 atom stereocenters. The number of nitrogens with one attached hydrogen (secondary N) is 1. The maximum Gasteiger partial charge on any atom is 0.0983 e. The lowest BCUT2D eigenvalue weighted by Crippen LogP contribution is -2.40. The fraction of sp³-hybridized carbons (Fsp3) is 0.900. The number of amidine groups is 1. The number of likely N-dealkylation sites (tertiary alicyclic amines) is 1. The van der Waals surface area contributed by atoms with E-state index in [1.807, 2.05) is 11.8 Å². The molecule has 0 unspecified atom stereocenters. The number of thioether (sulfide) groups is 1. The van der Waals surface area contributed by atoms with Crippen LogP contribution < -0.4 is 0 Å². The van der Waals surface area contributed by atoms with Gasteiger partial charge in [-0.1, -0.05) is 13.8 Å². The topological polar surface area (TPSA) is 27.1 Å². The quantitative estimate of drug-likeness (QED) is 0.547. The largest absolute Gasteiger partial charge is 0.360 e. The van der Waals surface area contributed by atoms with Gasteiger partial charge in [0.05, 0.1) is 5.84 Å². The first kappa shape index (κ1) is 10.9. The summed E-state index contributed by atoms with van der Waals surface area (Å²) in [5.41, 5.74) is 0. The summed E-state index contributed by atoms with van der Waals surface area (Å²) in [5.74, 6) is 1.20. The number of nitrogens with zero attached hydrogens (tertiary/aromatic N) is 1. The second-order valence-electron chi connectivity index (χ2n) is 3.96. The number of hydrogen-bond acceptors (Lipinski definition) is 2. The van der Waals surface area contributed by atoms with Gasteiger partial charge in [0.1, 0.15) is 0 Å². The minimum Gasteiger partial charge on any atom is -0.360 e. The molecule has 0 aromatic carbocycles. The Labute approximate surface area is 85.6 Å². The summed E-state index contributed by atoms with van der Waals surface area (Å²) < 4.78 is 0. The molecule has 1 N–H and O–H groups in total. The Morgan fingerprint density at radius 3 is 2.31 bits per heavy atom.